The fourth-order valence-electron chi connectivity index (χ4n) is 4.84. The molecule has 1 aliphatic rings. The zero-order valence-electron chi connectivity index (χ0n) is 20.1. The van der Waals surface area contributed by atoms with Crippen molar-refractivity contribution in [2.45, 2.75) is 97.5 Å². The van der Waals surface area contributed by atoms with Crippen molar-refractivity contribution in [3.05, 3.63) is 58.7 Å². The number of esters is 1. The van der Waals surface area contributed by atoms with E-state index in [1.54, 1.807) is 0 Å². The van der Waals surface area contributed by atoms with Crippen molar-refractivity contribution in [2.75, 3.05) is 0 Å². The number of hydrogen-bond donors (Lipinski definition) is 0. The van der Waals surface area contributed by atoms with Gasteiger partial charge in [0.1, 0.15) is 17.1 Å². The van der Waals surface area contributed by atoms with Crippen LogP contribution in [0.25, 0.3) is 0 Å². The van der Waals surface area contributed by atoms with E-state index in [2.05, 4.69) is 58.0 Å². The predicted octanol–water partition coefficient (Wildman–Crippen LogP) is 7.44. The normalized spacial score (nSPS) is 16.1. The van der Waals surface area contributed by atoms with Crippen LogP contribution in [-0.2, 0) is 10.2 Å². The molecule has 0 aromatic heterocycles. The Morgan fingerprint density at radius 3 is 1.87 bits per heavy atom. The fourth-order valence-corrected chi connectivity index (χ4v) is 4.84. The maximum atomic E-state index is 11.4. The third-order valence-corrected chi connectivity index (χ3v) is 7.27. The number of hydrogen-bond acceptors (Lipinski definition) is 3. The SMILES string of the molecule is CCC(C)(CC)Oc1ccc(C2(c3ccc(OC(C)=O)c(C)c3)CCCCC2)cc1C. The molecule has 0 spiro atoms. The quantitative estimate of drug-likeness (QED) is 0.344. The second-order valence-corrected chi connectivity index (χ2v) is 9.46. The molecule has 0 unspecified atom stereocenters. The molecule has 3 rings (SSSR count). The molecule has 0 N–H and O–H groups in total. The van der Waals surface area contributed by atoms with Gasteiger partial charge in [-0.2, -0.15) is 0 Å². The van der Waals surface area contributed by atoms with Crippen molar-refractivity contribution in [3.8, 4) is 11.5 Å². The van der Waals surface area contributed by atoms with Crippen LogP contribution in [0.1, 0.15) is 94.9 Å². The molecule has 1 saturated carbocycles. The van der Waals surface area contributed by atoms with Crippen molar-refractivity contribution in [3.63, 3.8) is 0 Å². The minimum Gasteiger partial charge on any atom is -0.487 e. The third kappa shape index (κ3) is 4.97. The minimum absolute atomic E-state index is 0.000130. The summed E-state index contributed by atoms with van der Waals surface area (Å²) in [5, 5.41) is 0. The molecular formula is C28H38O3. The standard InChI is InChI=1S/C28H38O3/c1-7-27(6,8-2)31-26-15-13-24(19-21(26)4)28(16-10-9-11-17-28)23-12-14-25(20(3)18-23)30-22(5)29/h12-15,18-19H,7-11,16-17H2,1-6H3. The van der Waals surface area contributed by atoms with Crippen LogP contribution in [0.4, 0.5) is 0 Å². The largest absolute Gasteiger partial charge is 0.487 e. The summed E-state index contributed by atoms with van der Waals surface area (Å²) in [6, 6.07) is 13.1. The van der Waals surface area contributed by atoms with E-state index in [4.69, 9.17) is 9.47 Å². The monoisotopic (exact) mass is 422 g/mol. The molecule has 2 aromatic carbocycles. The summed E-state index contributed by atoms with van der Waals surface area (Å²) in [5.74, 6) is 1.36. The average Bonchev–Trinajstić information content (AvgIpc) is 2.76. The average molecular weight is 423 g/mol. The van der Waals surface area contributed by atoms with Gasteiger partial charge in [-0.15, -0.1) is 0 Å². The lowest BCUT2D eigenvalue weighted by Crippen LogP contribution is -2.32. The van der Waals surface area contributed by atoms with Crippen molar-refractivity contribution >= 4 is 5.97 Å². The van der Waals surface area contributed by atoms with Crippen LogP contribution in [0, 0.1) is 13.8 Å². The third-order valence-electron chi connectivity index (χ3n) is 7.27. The summed E-state index contributed by atoms with van der Waals surface area (Å²) in [5.41, 5.74) is 4.77. The van der Waals surface area contributed by atoms with Crippen molar-refractivity contribution in [2.24, 2.45) is 0 Å². The molecule has 0 heterocycles. The van der Waals surface area contributed by atoms with Crippen LogP contribution in [0.15, 0.2) is 36.4 Å². The molecule has 1 aliphatic carbocycles. The Balaban J connectivity index is 2.00. The van der Waals surface area contributed by atoms with Crippen LogP contribution >= 0.6 is 0 Å². The van der Waals surface area contributed by atoms with Gasteiger partial charge in [0.25, 0.3) is 0 Å². The van der Waals surface area contributed by atoms with E-state index in [-0.39, 0.29) is 17.0 Å². The van der Waals surface area contributed by atoms with E-state index in [1.807, 2.05) is 13.0 Å². The summed E-state index contributed by atoms with van der Waals surface area (Å²) in [7, 11) is 0. The lowest BCUT2D eigenvalue weighted by Gasteiger charge is -2.39. The van der Waals surface area contributed by atoms with Gasteiger partial charge in [0.15, 0.2) is 0 Å². The van der Waals surface area contributed by atoms with E-state index < -0.39 is 0 Å². The molecule has 0 radical (unpaired) electrons. The second-order valence-electron chi connectivity index (χ2n) is 9.46. The number of carbonyl (C=O) groups excluding carboxylic acids is 1. The Bertz CT molecular complexity index is 918. The molecule has 1 fully saturated rings. The van der Waals surface area contributed by atoms with Gasteiger partial charge in [0.2, 0.25) is 0 Å². The summed E-state index contributed by atoms with van der Waals surface area (Å²) in [4.78, 5) is 11.4. The van der Waals surface area contributed by atoms with Gasteiger partial charge in [0, 0.05) is 12.3 Å². The van der Waals surface area contributed by atoms with E-state index in [0.717, 1.165) is 37.0 Å². The fraction of sp³-hybridized carbons (Fsp3) is 0.536. The van der Waals surface area contributed by atoms with Gasteiger partial charge < -0.3 is 9.47 Å². The van der Waals surface area contributed by atoms with Gasteiger partial charge in [-0.05, 0) is 80.8 Å². The highest BCUT2D eigenvalue weighted by atomic mass is 16.5. The van der Waals surface area contributed by atoms with Crippen LogP contribution in [-0.4, -0.2) is 11.6 Å². The first-order valence-corrected chi connectivity index (χ1v) is 11.8. The number of aryl methyl sites for hydroxylation is 2. The van der Waals surface area contributed by atoms with E-state index in [0.29, 0.717) is 5.75 Å². The maximum Gasteiger partial charge on any atom is 0.308 e. The first-order chi connectivity index (χ1) is 14.7. The molecule has 168 valence electrons. The Morgan fingerprint density at radius 2 is 1.42 bits per heavy atom. The van der Waals surface area contributed by atoms with Crippen molar-refractivity contribution in [1.29, 1.82) is 0 Å². The summed E-state index contributed by atoms with van der Waals surface area (Å²) < 4.78 is 11.8. The molecule has 0 saturated heterocycles. The van der Waals surface area contributed by atoms with Gasteiger partial charge >= 0.3 is 5.97 Å². The predicted molar refractivity (Wildman–Crippen MR) is 127 cm³/mol. The summed E-state index contributed by atoms with van der Waals surface area (Å²) >= 11 is 0. The van der Waals surface area contributed by atoms with Crippen LogP contribution < -0.4 is 9.47 Å². The van der Waals surface area contributed by atoms with Gasteiger partial charge in [-0.1, -0.05) is 57.4 Å². The number of benzene rings is 2. The second kappa shape index (κ2) is 9.46. The Hall–Kier alpha value is -2.29. The number of rotatable bonds is 7. The van der Waals surface area contributed by atoms with Gasteiger partial charge in [0.05, 0.1) is 0 Å². The maximum absolute atomic E-state index is 11.4. The molecule has 2 aromatic rings. The zero-order valence-corrected chi connectivity index (χ0v) is 20.1. The molecule has 0 bridgehead atoms. The number of ether oxygens (including phenoxy) is 2. The van der Waals surface area contributed by atoms with Gasteiger partial charge in [-0.3, -0.25) is 4.79 Å². The first kappa shape index (κ1) is 23.4. The van der Waals surface area contributed by atoms with E-state index >= 15 is 0 Å². The summed E-state index contributed by atoms with van der Waals surface area (Å²) in [6.07, 6.45) is 8.00. The Morgan fingerprint density at radius 1 is 0.903 bits per heavy atom. The Labute approximate surface area is 188 Å². The smallest absolute Gasteiger partial charge is 0.308 e. The highest BCUT2D eigenvalue weighted by molar-refractivity contribution is 5.70. The zero-order chi connectivity index (χ0) is 22.6. The topological polar surface area (TPSA) is 35.5 Å². The van der Waals surface area contributed by atoms with Gasteiger partial charge in [-0.25, -0.2) is 0 Å². The molecule has 0 aliphatic heterocycles. The highest BCUT2D eigenvalue weighted by Gasteiger charge is 2.36. The summed E-state index contributed by atoms with van der Waals surface area (Å²) in [6.45, 7) is 12.2. The van der Waals surface area contributed by atoms with Crippen molar-refractivity contribution in [1.82, 2.24) is 0 Å². The molecule has 3 heteroatoms. The molecular weight excluding hydrogens is 384 g/mol. The van der Waals surface area contributed by atoms with E-state index in [1.165, 1.54) is 42.9 Å². The van der Waals surface area contributed by atoms with Crippen LogP contribution in [0.5, 0.6) is 11.5 Å². The molecule has 0 amide bonds. The highest BCUT2D eigenvalue weighted by Crippen LogP contribution is 2.46. The van der Waals surface area contributed by atoms with Crippen LogP contribution in [0.2, 0.25) is 0 Å². The lowest BCUT2D eigenvalue weighted by atomic mass is 9.65. The van der Waals surface area contributed by atoms with E-state index in [9.17, 15) is 4.79 Å². The molecule has 31 heavy (non-hydrogen) atoms. The molecule has 3 nitrogen and oxygen atoms in total. The Kier molecular flexibility index (Phi) is 7.13. The van der Waals surface area contributed by atoms with Crippen molar-refractivity contribution < 1.29 is 14.3 Å². The lowest BCUT2D eigenvalue weighted by molar-refractivity contribution is -0.131. The number of carbonyl (C=O) groups is 1. The minimum atomic E-state index is -0.277. The van der Waals surface area contributed by atoms with Crippen LogP contribution in [0.3, 0.4) is 0 Å². The first-order valence-electron chi connectivity index (χ1n) is 11.8. The molecule has 0 atom stereocenters.